The monoisotopic (exact) mass is 299 g/mol. The molecule has 114 valence electrons. The van der Waals surface area contributed by atoms with E-state index in [0.717, 1.165) is 23.4 Å². The normalized spacial score (nSPS) is 13.1. The number of likely N-dealkylation sites (N-methyl/N-ethyl adjacent to an activating group) is 1. The zero-order valence-electron chi connectivity index (χ0n) is 12.4. The number of halogens is 1. The van der Waals surface area contributed by atoms with Crippen molar-refractivity contribution < 1.29 is 13.9 Å². The number of nitrogens with one attached hydrogen (secondary N) is 1. The van der Waals surface area contributed by atoms with Crippen LogP contribution in [0.2, 0.25) is 0 Å². The van der Waals surface area contributed by atoms with E-state index in [4.69, 9.17) is 9.47 Å². The van der Waals surface area contributed by atoms with Gasteiger partial charge in [-0.2, -0.15) is 0 Å². The lowest BCUT2D eigenvalue weighted by Crippen LogP contribution is -2.14. The Hall–Kier alpha value is -2.33. The summed E-state index contributed by atoms with van der Waals surface area (Å²) in [5.41, 5.74) is 3.11. The third kappa shape index (κ3) is 3.28. The van der Waals surface area contributed by atoms with Crippen LogP contribution in [-0.2, 0) is 6.61 Å². The minimum Gasteiger partial charge on any atom is -0.489 e. The molecule has 1 aliphatic rings. The Kier molecular flexibility index (Phi) is 4.39. The van der Waals surface area contributed by atoms with E-state index >= 15 is 0 Å². The molecule has 0 bridgehead atoms. The van der Waals surface area contributed by atoms with Crippen LogP contribution in [0.1, 0.15) is 11.1 Å². The summed E-state index contributed by atoms with van der Waals surface area (Å²) in [5, 5.41) is 3.15. The lowest BCUT2D eigenvalue weighted by Gasteiger charge is -2.19. The lowest BCUT2D eigenvalue weighted by atomic mass is 10.0. The van der Waals surface area contributed by atoms with Crippen molar-refractivity contribution in [1.82, 2.24) is 5.32 Å². The van der Waals surface area contributed by atoms with E-state index in [-0.39, 0.29) is 5.82 Å². The Morgan fingerprint density at radius 2 is 2.14 bits per heavy atom. The molecule has 0 aliphatic carbocycles. The molecular weight excluding hydrogens is 281 g/mol. The van der Waals surface area contributed by atoms with Crippen LogP contribution < -0.4 is 14.8 Å². The number of fused-ring (bicyclic) bond motifs is 1. The number of hydrogen-bond acceptors (Lipinski definition) is 3. The van der Waals surface area contributed by atoms with E-state index in [1.807, 2.05) is 31.3 Å². The maximum atomic E-state index is 13.1. The number of hydrogen-bond donors (Lipinski definition) is 1. The molecule has 2 aromatic rings. The highest BCUT2D eigenvalue weighted by molar-refractivity contribution is 5.74. The molecule has 0 spiro atoms. The zero-order valence-corrected chi connectivity index (χ0v) is 12.4. The van der Waals surface area contributed by atoms with E-state index in [2.05, 4.69) is 11.4 Å². The minimum atomic E-state index is -0.253. The highest BCUT2D eigenvalue weighted by Crippen LogP contribution is 2.33. The molecule has 1 N–H and O–H groups in total. The Morgan fingerprint density at radius 3 is 2.95 bits per heavy atom. The second-order valence-electron chi connectivity index (χ2n) is 5.15. The first-order valence-corrected chi connectivity index (χ1v) is 7.24. The second-order valence-corrected chi connectivity index (χ2v) is 5.15. The Morgan fingerprint density at radius 1 is 1.23 bits per heavy atom. The van der Waals surface area contributed by atoms with Crippen LogP contribution in [-0.4, -0.2) is 20.2 Å². The summed E-state index contributed by atoms with van der Waals surface area (Å²) in [5.74, 6) is 1.29. The molecule has 0 radical (unpaired) electrons. The van der Waals surface area contributed by atoms with Crippen molar-refractivity contribution >= 4 is 5.57 Å². The molecule has 0 amide bonds. The van der Waals surface area contributed by atoms with E-state index in [0.29, 0.717) is 19.0 Å². The van der Waals surface area contributed by atoms with Gasteiger partial charge in [0.15, 0.2) is 0 Å². The van der Waals surface area contributed by atoms with Gasteiger partial charge in [-0.15, -0.1) is 0 Å². The number of ether oxygens (including phenoxy) is 2. The molecule has 0 saturated carbocycles. The van der Waals surface area contributed by atoms with Crippen LogP contribution in [0, 0.1) is 5.82 Å². The van der Waals surface area contributed by atoms with Crippen molar-refractivity contribution in [2.24, 2.45) is 0 Å². The van der Waals surface area contributed by atoms with E-state index < -0.39 is 0 Å². The van der Waals surface area contributed by atoms with Gasteiger partial charge in [0.1, 0.15) is 30.5 Å². The predicted molar refractivity (Wildman–Crippen MR) is 84.6 cm³/mol. The minimum absolute atomic E-state index is 0.253. The highest BCUT2D eigenvalue weighted by Gasteiger charge is 2.14. The fraction of sp³-hybridized carbons (Fsp3) is 0.222. The lowest BCUT2D eigenvalue weighted by molar-refractivity contribution is 0.300. The van der Waals surface area contributed by atoms with Gasteiger partial charge in [-0.1, -0.05) is 12.1 Å². The summed E-state index contributed by atoms with van der Waals surface area (Å²) >= 11 is 0. The summed E-state index contributed by atoms with van der Waals surface area (Å²) in [4.78, 5) is 0. The maximum Gasteiger partial charge on any atom is 0.131 e. The highest BCUT2D eigenvalue weighted by atomic mass is 19.1. The third-order valence-corrected chi connectivity index (χ3v) is 3.53. The van der Waals surface area contributed by atoms with Gasteiger partial charge in [0.2, 0.25) is 0 Å². The van der Waals surface area contributed by atoms with Crippen LogP contribution in [0.25, 0.3) is 5.57 Å². The maximum absolute atomic E-state index is 13.1. The van der Waals surface area contributed by atoms with Crippen LogP contribution in [0.5, 0.6) is 11.5 Å². The van der Waals surface area contributed by atoms with Crippen molar-refractivity contribution in [2.75, 3.05) is 20.2 Å². The molecule has 4 heteroatoms. The van der Waals surface area contributed by atoms with Crippen molar-refractivity contribution in [1.29, 1.82) is 0 Å². The van der Waals surface area contributed by atoms with Crippen LogP contribution in [0.4, 0.5) is 4.39 Å². The van der Waals surface area contributed by atoms with Gasteiger partial charge in [-0.05, 0) is 48.5 Å². The molecule has 3 nitrogen and oxygen atoms in total. The van der Waals surface area contributed by atoms with E-state index in [1.165, 1.54) is 17.7 Å². The molecule has 0 aromatic heterocycles. The van der Waals surface area contributed by atoms with Crippen LogP contribution in [0.15, 0.2) is 48.5 Å². The molecule has 2 aromatic carbocycles. The first-order chi connectivity index (χ1) is 10.8. The van der Waals surface area contributed by atoms with Gasteiger partial charge in [-0.25, -0.2) is 4.39 Å². The molecule has 1 aliphatic heterocycles. The topological polar surface area (TPSA) is 30.5 Å². The van der Waals surface area contributed by atoms with Gasteiger partial charge in [0, 0.05) is 18.2 Å². The molecule has 0 atom stereocenters. The largest absolute Gasteiger partial charge is 0.489 e. The van der Waals surface area contributed by atoms with E-state index in [1.54, 1.807) is 6.07 Å². The van der Waals surface area contributed by atoms with Crippen LogP contribution >= 0.6 is 0 Å². The SMILES string of the molecule is CNCC1=CCOc2cc(OCc3cccc(F)c3)ccc21. The number of rotatable bonds is 5. The summed E-state index contributed by atoms with van der Waals surface area (Å²) in [6.07, 6.45) is 2.08. The van der Waals surface area contributed by atoms with Crippen molar-refractivity contribution in [2.45, 2.75) is 6.61 Å². The first-order valence-electron chi connectivity index (χ1n) is 7.24. The van der Waals surface area contributed by atoms with Crippen LogP contribution in [0.3, 0.4) is 0 Å². The third-order valence-electron chi connectivity index (χ3n) is 3.53. The molecule has 3 rings (SSSR count). The smallest absolute Gasteiger partial charge is 0.131 e. The summed E-state index contributed by atoms with van der Waals surface area (Å²) < 4.78 is 24.5. The van der Waals surface area contributed by atoms with Gasteiger partial charge in [0.25, 0.3) is 0 Å². The van der Waals surface area contributed by atoms with Crippen molar-refractivity contribution in [3.05, 3.63) is 65.5 Å². The van der Waals surface area contributed by atoms with E-state index in [9.17, 15) is 4.39 Å². The molecule has 0 fully saturated rings. The molecule has 0 unspecified atom stereocenters. The van der Waals surface area contributed by atoms with Crippen molar-refractivity contribution in [3.8, 4) is 11.5 Å². The summed E-state index contributed by atoms with van der Waals surface area (Å²) in [6.45, 7) is 1.70. The summed E-state index contributed by atoms with van der Waals surface area (Å²) in [7, 11) is 1.92. The average Bonchev–Trinajstić information content (AvgIpc) is 2.53. The molecular formula is C18H18FNO2. The molecule has 22 heavy (non-hydrogen) atoms. The molecule has 0 saturated heterocycles. The van der Waals surface area contributed by atoms with Gasteiger partial charge >= 0.3 is 0 Å². The first kappa shape index (κ1) is 14.6. The van der Waals surface area contributed by atoms with Gasteiger partial charge < -0.3 is 14.8 Å². The Balaban J connectivity index is 1.73. The molecule has 1 heterocycles. The fourth-order valence-electron chi connectivity index (χ4n) is 2.47. The van der Waals surface area contributed by atoms with Gasteiger partial charge in [0.05, 0.1) is 0 Å². The zero-order chi connectivity index (χ0) is 15.4. The predicted octanol–water partition coefficient (Wildman–Crippen LogP) is 3.40. The quantitative estimate of drug-likeness (QED) is 0.918. The van der Waals surface area contributed by atoms with Crippen molar-refractivity contribution in [3.63, 3.8) is 0 Å². The second kappa shape index (κ2) is 6.62. The Labute approximate surface area is 129 Å². The van der Waals surface area contributed by atoms with Gasteiger partial charge in [-0.3, -0.25) is 0 Å². The Bertz CT molecular complexity index is 697. The number of benzene rings is 2. The standard InChI is InChI=1S/C18H18FNO2/c1-20-11-14-7-8-21-18-10-16(5-6-17(14)18)22-12-13-3-2-4-15(19)9-13/h2-7,9-10,20H,8,11-12H2,1H3. The summed E-state index contributed by atoms with van der Waals surface area (Å²) in [6, 6.07) is 12.2. The average molecular weight is 299 g/mol. The fourth-order valence-corrected chi connectivity index (χ4v) is 2.47.